The fraction of sp³-hybridized carbons (Fsp3) is 0.333. The maximum Gasteiger partial charge on any atom is 0.223 e. The summed E-state index contributed by atoms with van der Waals surface area (Å²) < 4.78 is 21.8. The summed E-state index contributed by atoms with van der Waals surface area (Å²) in [5.74, 6) is 2.54. The van der Waals surface area contributed by atoms with Crippen molar-refractivity contribution in [3.05, 3.63) is 53.9 Å². The number of benzene rings is 2. The lowest BCUT2D eigenvalue weighted by molar-refractivity contribution is -0.122. The Morgan fingerprint density at radius 2 is 1.55 bits per heavy atom. The number of aromatic nitrogens is 1. The van der Waals surface area contributed by atoms with E-state index >= 15 is 0 Å². The second kappa shape index (κ2) is 8.71. The molecule has 4 rings (SSSR count). The number of amides is 1. The standard InChI is InChI=1S/C24H26N2O5/c1-28-18-8-7-16(12-19(18)29-2)22(26-24(27)14-5-6-14)23-17-13-21(31-4)20(30-3)11-15(17)9-10-25-23/h7-14,22H,5-6H2,1-4H3,(H,26,27)/t22-/m1/s1. The molecule has 0 saturated heterocycles. The zero-order valence-corrected chi connectivity index (χ0v) is 18.1. The minimum Gasteiger partial charge on any atom is -0.493 e. The first-order valence-corrected chi connectivity index (χ1v) is 10.1. The van der Waals surface area contributed by atoms with Gasteiger partial charge in [0.25, 0.3) is 0 Å². The van der Waals surface area contributed by atoms with Gasteiger partial charge in [0.2, 0.25) is 5.91 Å². The van der Waals surface area contributed by atoms with Crippen molar-refractivity contribution in [3.8, 4) is 23.0 Å². The third-order valence-electron chi connectivity index (χ3n) is 5.55. The molecule has 0 bridgehead atoms. The highest BCUT2D eigenvalue weighted by molar-refractivity contribution is 5.89. The number of hydrogen-bond acceptors (Lipinski definition) is 6. The lowest BCUT2D eigenvalue weighted by Gasteiger charge is -2.22. The van der Waals surface area contributed by atoms with Crippen molar-refractivity contribution in [3.63, 3.8) is 0 Å². The van der Waals surface area contributed by atoms with Crippen molar-refractivity contribution in [2.24, 2.45) is 5.92 Å². The first-order chi connectivity index (χ1) is 15.1. The Balaban J connectivity index is 1.87. The van der Waals surface area contributed by atoms with Crippen molar-refractivity contribution in [2.45, 2.75) is 18.9 Å². The van der Waals surface area contributed by atoms with E-state index in [1.165, 1.54) is 0 Å². The molecule has 31 heavy (non-hydrogen) atoms. The first kappa shape index (κ1) is 20.8. The van der Waals surface area contributed by atoms with Gasteiger partial charge in [0.05, 0.1) is 40.2 Å². The van der Waals surface area contributed by atoms with Gasteiger partial charge >= 0.3 is 0 Å². The van der Waals surface area contributed by atoms with Crippen LogP contribution in [0.1, 0.15) is 30.1 Å². The highest BCUT2D eigenvalue weighted by atomic mass is 16.5. The first-order valence-electron chi connectivity index (χ1n) is 10.1. The Morgan fingerprint density at radius 3 is 2.19 bits per heavy atom. The lowest BCUT2D eigenvalue weighted by atomic mass is 9.97. The number of fused-ring (bicyclic) bond motifs is 1. The van der Waals surface area contributed by atoms with Crippen molar-refractivity contribution < 1.29 is 23.7 Å². The zero-order valence-electron chi connectivity index (χ0n) is 18.1. The minimum atomic E-state index is -0.463. The summed E-state index contributed by atoms with van der Waals surface area (Å²) in [6.07, 6.45) is 3.57. The molecule has 7 heteroatoms. The topological polar surface area (TPSA) is 78.9 Å². The van der Waals surface area contributed by atoms with Gasteiger partial charge in [0.15, 0.2) is 23.0 Å². The SMILES string of the molecule is COc1ccc([C@@H](NC(=O)C2CC2)c2nccc3cc(OC)c(OC)cc23)cc1OC. The van der Waals surface area contributed by atoms with Crippen molar-refractivity contribution >= 4 is 16.7 Å². The number of ether oxygens (including phenoxy) is 4. The third kappa shape index (κ3) is 4.08. The molecule has 3 aromatic rings. The van der Waals surface area contributed by atoms with Gasteiger partial charge in [0.1, 0.15) is 0 Å². The fourth-order valence-corrected chi connectivity index (χ4v) is 3.70. The maximum atomic E-state index is 12.8. The molecule has 2 aromatic carbocycles. The van der Waals surface area contributed by atoms with E-state index in [4.69, 9.17) is 18.9 Å². The summed E-state index contributed by atoms with van der Waals surface area (Å²) in [6.45, 7) is 0. The molecule has 1 aliphatic carbocycles. The van der Waals surface area contributed by atoms with Crippen LogP contribution in [-0.2, 0) is 4.79 Å². The van der Waals surface area contributed by atoms with Gasteiger partial charge in [-0.2, -0.15) is 0 Å². The Hall–Kier alpha value is -3.48. The van der Waals surface area contributed by atoms with Gasteiger partial charge in [-0.05, 0) is 54.1 Å². The Labute approximate surface area is 181 Å². The summed E-state index contributed by atoms with van der Waals surface area (Å²) in [5.41, 5.74) is 1.57. The summed E-state index contributed by atoms with van der Waals surface area (Å²) >= 11 is 0. The van der Waals surface area contributed by atoms with Gasteiger partial charge in [0, 0.05) is 17.5 Å². The van der Waals surface area contributed by atoms with Crippen LogP contribution in [0.2, 0.25) is 0 Å². The molecule has 1 aliphatic rings. The molecule has 162 valence electrons. The second-order valence-electron chi connectivity index (χ2n) is 7.45. The molecule has 1 N–H and O–H groups in total. The normalized spacial score (nSPS) is 14.1. The third-order valence-corrected chi connectivity index (χ3v) is 5.55. The van der Waals surface area contributed by atoms with E-state index in [1.807, 2.05) is 36.4 Å². The number of pyridine rings is 1. The second-order valence-corrected chi connectivity index (χ2v) is 7.45. The number of carbonyl (C=O) groups is 1. The summed E-state index contributed by atoms with van der Waals surface area (Å²) in [6, 6.07) is 10.9. The molecule has 1 aromatic heterocycles. The lowest BCUT2D eigenvalue weighted by Crippen LogP contribution is -2.31. The van der Waals surface area contributed by atoms with Crippen LogP contribution in [0.3, 0.4) is 0 Å². The molecule has 0 spiro atoms. The number of rotatable bonds is 8. The van der Waals surface area contributed by atoms with Gasteiger partial charge < -0.3 is 24.3 Å². The van der Waals surface area contributed by atoms with Crippen LogP contribution in [-0.4, -0.2) is 39.3 Å². The van der Waals surface area contributed by atoms with Crippen LogP contribution < -0.4 is 24.3 Å². The monoisotopic (exact) mass is 422 g/mol. The number of hydrogen-bond donors (Lipinski definition) is 1. The molecular formula is C24H26N2O5. The molecule has 1 heterocycles. The van der Waals surface area contributed by atoms with Crippen molar-refractivity contribution in [2.75, 3.05) is 28.4 Å². The minimum absolute atomic E-state index is 0.0269. The van der Waals surface area contributed by atoms with E-state index in [0.717, 1.165) is 34.9 Å². The number of methoxy groups -OCH3 is 4. The molecule has 1 amide bonds. The van der Waals surface area contributed by atoms with Crippen LogP contribution >= 0.6 is 0 Å². The Kier molecular flexibility index (Phi) is 5.84. The number of nitrogens with one attached hydrogen (secondary N) is 1. The highest BCUT2D eigenvalue weighted by Crippen LogP contribution is 2.38. The molecule has 1 fully saturated rings. The zero-order chi connectivity index (χ0) is 22.0. The fourth-order valence-electron chi connectivity index (χ4n) is 3.70. The summed E-state index contributed by atoms with van der Waals surface area (Å²) in [5, 5.41) is 5.00. The Morgan fingerprint density at radius 1 is 0.903 bits per heavy atom. The largest absolute Gasteiger partial charge is 0.493 e. The number of nitrogens with zero attached hydrogens (tertiary/aromatic N) is 1. The predicted molar refractivity (Wildman–Crippen MR) is 117 cm³/mol. The molecule has 1 atom stereocenters. The Bertz CT molecular complexity index is 1110. The number of carbonyl (C=O) groups excluding carboxylic acids is 1. The van der Waals surface area contributed by atoms with Crippen molar-refractivity contribution in [1.82, 2.24) is 10.3 Å². The molecule has 0 unspecified atom stereocenters. The predicted octanol–water partition coefficient (Wildman–Crippen LogP) is 3.88. The van der Waals surface area contributed by atoms with Crippen LogP contribution in [0.4, 0.5) is 0 Å². The van der Waals surface area contributed by atoms with E-state index in [9.17, 15) is 4.79 Å². The van der Waals surface area contributed by atoms with Crippen molar-refractivity contribution in [1.29, 1.82) is 0 Å². The molecule has 1 saturated carbocycles. The highest BCUT2D eigenvalue weighted by Gasteiger charge is 2.32. The summed E-state index contributed by atoms with van der Waals surface area (Å²) in [4.78, 5) is 17.4. The quantitative estimate of drug-likeness (QED) is 0.593. The van der Waals surface area contributed by atoms with E-state index in [1.54, 1.807) is 34.6 Å². The van der Waals surface area contributed by atoms with Crippen LogP contribution in [0.25, 0.3) is 10.8 Å². The van der Waals surface area contributed by atoms with Crippen LogP contribution in [0, 0.1) is 5.92 Å². The molecule has 0 aliphatic heterocycles. The molecule has 7 nitrogen and oxygen atoms in total. The van der Waals surface area contributed by atoms with Gasteiger partial charge in [-0.1, -0.05) is 6.07 Å². The maximum absolute atomic E-state index is 12.8. The smallest absolute Gasteiger partial charge is 0.223 e. The van der Waals surface area contributed by atoms with E-state index in [0.29, 0.717) is 23.0 Å². The van der Waals surface area contributed by atoms with Crippen LogP contribution in [0.15, 0.2) is 42.6 Å². The van der Waals surface area contributed by atoms with Crippen LogP contribution in [0.5, 0.6) is 23.0 Å². The summed E-state index contributed by atoms with van der Waals surface area (Å²) in [7, 11) is 6.39. The van der Waals surface area contributed by atoms with Gasteiger partial charge in [-0.3, -0.25) is 9.78 Å². The van der Waals surface area contributed by atoms with Gasteiger partial charge in [-0.25, -0.2) is 0 Å². The van der Waals surface area contributed by atoms with E-state index in [-0.39, 0.29) is 11.8 Å². The molecule has 0 radical (unpaired) electrons. The average Bonchev–Trinajstić information content (AvgIpc) is 3.66. The molecular weight excluding hydrogens is 396 g/mol. The van der Waals surface area contributed by atoms with Gasteiger partial charge in [-0.15, -0.1) is 0 Å². The van der Waals surface area contributed by atoms with E-state index in [2.05, 4.69) is 10.3 Å². The average molecular weight is 422 g/mol. The van der Waals surface area contributed by atoms with E-state index < -0.39 is 6.04 Å².